The van der Waals surface area contributed by atoms with Gasteiger partial charge in [0.15, 0.2) is 18.4 Å². The molecule has 10 unspecified atom stereocenters. The lowest BCUT2D eigenvalue weighted by molar-refractivity contribution is -0.371. The van der Waals surface area contributed by atoms with Gasteiger partial charge in [-0.3, -0.25) is 0 Å². The van der Waals surface area contributed by atoms with Crippen molar-refractivity contribution in [3.8, 4) is 0 Å². The van der Waals surface area contributed by atoms with Crippen LogP contribution in [-0.2, 0) is 28.4 Å². The van der Waals surface area contributed by atoms with E-state index in [0.29, 0.717) is 48.3 Å². The zero-order chi connectivity index (χ0) is 36.4. The molecule has 22 atom stereocenters. The highest BCUT2D eigenvalue weighted by Crippen LogP contribution is 2.71. The molecule has 0 radical (unpaired) electrons. The van der Waals surface area contributed by atoms with E-state index in [1.165, 1.54) is 5.57 Å². The standard InChI is InChI=1S/C39H62O12/c1-17-9-12-39(46-16-17)18(2)28-26(51-39)15-25-23-8-7-21-13-22(40)14-27(38(21,6)24(23)10-11-37(25,28)5)49-36-34(32(44)30(42)20(4)48-36)50-35-33(45)31(43)29(41)19(3)47-35/h7,17-20,22-36,40-45H,8-16H2,1-6H3/t17?,18?,19-,20-,22-,23?,24?,25?,26?,27-,28?,29+,30+,31-,32-,33-,34-,35+,36+,37?,38?,39?/m1/s1. The van der Waals surface area contributed by atoms with Crippen molar-refractivity contribution in [2.45, 2.75) is 178 Å². The fourth-order valence-corrected chi connectivity index (χ4v) is 12.6. The Morgan fingerprint density at radius 1 is 0.765 bits per heavy atom. The Labute approximate surface area is 301 Å². The SMILES string of the molecule is CC1CCC2(OC1)OC1CC3C4CC=C5C[C@@H](O)C[C@@H](O[C@@H]6O[C@H](C)[C@H](O)[C@@H](O)[C@H]6O[C@@H]6O[C@H](C)[C@H](O)[C@@H](O)[C@H]6O)C5(C)C4CCC3(C)C1C2C. The van der Waals surface area contributed by atoms with Gasteiger partial charge in [-0.1, -0.05) is 39.3 Å². The smallest absolute Gasteiger partial charge is 0.187 e. The van der Waals surface area contributed by atoms with Crippen molar-refractivity contribution in [2.75, 3.05) is 6.61 Å². The Morgan fingerprint density at radius 2 is 1.47 bits per heavy atom. The van der Waals surface area contributed by atoms with Crippen LogP contribution < -0.4 is 0 Å². The Hall–Kier alpha value is -0.740. The molecule has 4 aliphatic carbocycles. The van der Waals surface area contributed by atoms with Crippen LogP contribution in [0.25, 0.3) is 0 Å². The quantitative estimate of drug-likeness (QED) is 0.234. The maximum atomic E-state index is 11.3. The summed E-state index contributed by atoms with van der Waals surface area (Å²) in [5, 5.41) is 64.8. The molecule has 0 amide bonds. The van der Waals surface area contributed by atoms with Crippen molar-refractivity contribution in [2.24, 2.45) is 46.3 Å². The normalized spacial score (nSPS) is 59.8. The predicted octanol–water partition coefficient (Wildman–Crippen LogP) is 2.39. The maximum Gasteiger partial charge on any atom is 0.187 e. The Bertz CT molecular complexity index is 1320. The highest BCUT2D eigenvalue weighted by molar-refractivity contribution is 5.29. The largest absolute Gasteiger partial charge is 0.393 e. The molecule has 0 aromatic rings. The van der Waals surface area contributed by atoms with Crippen LogP contribution in [0.15, 0.2) is 11.6 Å². The lowest BCUT2D eigenvalue weighted by Crippen LogP contribution is -2.64. The van der Waals surface area contributed by atoms with E-state index in [4.69, 9.17) is 28.4 Å². The first kappa shape index (κ1) is 37.2. The molecule has 4 heterocycles. The number of aliphatic hydroxyl groups is 6. The molecule has 4 aliphatic heterocycles. The van der Waals surface area contributed by atoms with Crippen molar-refractivity contribution in [3.63, 3.8) is 0 Å². The number of ether oxygens (including phenoxy) is 6. The van der Waals surface area contributed by atoms with Crippen LogP contribution in [0.5, 0.6) is 0 Å². The van der Waals surface area contributed by atoms with Crippen LogP contribution in [-0.4, -0.2) is 123 Å². The number of rotatable bonds is 4. The molecule has 4 saturated heterocycles. The summed E-state index contributed by atoms with van der Waals surface area (Å²) in [6.07, 6.45) is -4.22. The van der Waals surface area contributed by atoms with Gasteiger partial charge in [0.1, 0.15) is 36.6 Å². The van der Waals surface area contributed by atoms with E-state index in [1.54, 1.807) is 13.8 Å². The number of hydrogen-bond acceptors (Lipinski definition) is 12. The molecular weight excluding hydrogens is 660 g/mol. The minimum Gasteiger partial charge on any atom is -0.393 e. The average molecular weight is 723 g/mol. The summed E-state index contributed by atoms with van der Waals surface area (Å²) in [7, 11) is 0. The van der Waals surface area contributed by atoms with E-state index < -0.39 is 84.8 Å². The minimum absolute atomic E-state index is 0.130. The fraction of sp³-hybridized carbons (Fsp3) is 0.949. The molecule has 0 aromatic carbocycles. The van der Waals surface area contributed by atoms with Crippen LogP contribution in [0, 0.1) is 46.3 Å². The van der Waals surface area contributed by atoms with Crippen LogP contribution in [0.2, 0.25) is 0 Å². The first-order chi connectivity index (χ1) is 24.1. The van der Waals surface area contributed by atoms with Gasteiger partial charge in [0.25, 0.3) is 0 Å². The topological polar surface area (TPSA) is 177 Å². The molecule has 8 rings (SSSR count). The first-order valence-corrected chi connectivity index (χ1v) is 19.8. The molecule has 3 saturated carbocycles. The highest BCUT2D eigenvalue weighted by atomic mass is 16.8. The van der Waals surface area contributed by atoms with Gasteiger partial charge in [0.2, 0.25) is 0 Å². The summed E-state index contributed by atoms with van der Waals surface area (Å²) in [6.45, 7) is 13.4. The van der Waals surface area contributed by atoms with Crippen LogP contribution in [0.3, 0.4) is 0 Å². The molecule has 1 spiro atoms. The fourth-order valence-electron chi connectivity index (χ4n) is 12.6. The van der Waals surface area contributed by atoms with E-state index >= 15 is 0 Å². The highest BCUT2D eigenvalue weighted by Gasteiger charge is 2.69. The summed E-state index contributed by atoms with van der Waals surface area (Å²) in [6, 6.07) is 0. The predicted molar refractivity (Wildman–Crippen MR) is 182 cm³/mol. The number of aliphatic hydroxyl groups excluding tert-OH is 6. The lowest BCUT2D eigenvalue weighted by Gasteiger charge is -2.60. The van der Waals surface area contributed by atoms with Gasteiger partial charge in [0, 0.05) is 24.2 Å². The summed E-state index contributed by atoms with van der Waals surface area (Å²) >= 11 is 0. The van der Waals surface area contributed by atoms with Crippen molar-refractivity contribution < 1.29 is 59.1 Å². The average Bonchev–Trinajstić information content (AvgIpc) is 3.54. The lowest BCUT2D eigenvalue weighted by atomic mass is 9.46. The maximum absolute atomic E-state index is 11.3. The van der Waals surface area contributed by atoms with E-state index in [2.05, 4.69) is 33.8 Å². The van der Waals surface area contributed by atoms with Gasteiger partial charge in [-0.15, -0.1) is 0 Å². The summed E-state index contributed by atoms with van der Waals surface area (Å²) in [4.78, 5) is 0. The molecule has 6 N–H and O–H groups in total. The molecule has 290 valence electrons. The summed E-state index contributed by atoms with van der Waals surface area (Å²) in [5.74, 6) is 2.06. The second-order valence-electron chi connectivity index (χ2n) is 18.3. The minimum atomic E-state index is -1.61. The Kier molecular flexibility index (Phi) is 9.62. The van der Waals surface area contributed by atoms with Gasteiger partial charge in [-0.25, -0.2) is 0 Å². The van der Waals surface area contributed by atoms with Crippen LogP contribution >= 0.6 is 0 Å². The van der Waals surface area contributed by atoms with Gasteiger partial charge in [-0.2, -0.15) is 0 Å². The van der Waals surface area contributed by atoms with Crippen molar-refractivity contribution in [1.29, 1.82) is 0 Å². The number of fused-ring (bicyclic) bond motifs is 7. The molecule has 12 nitrogen and oxygen atoms in total. The monoisotopic (exact) mass is 722 g/mol. The van der Waals surface area contributed by atoms with E-state index in [0.717, 1.165) is 45.1 Å². The van der Waals surface area contributed by atoms with Gasteiger partial charge >= 0.3 is 0 Å². The number of hydrogen-bond donors (Lipinski definition) is 6. The van der Waals surface area contributed by atoms with Gasteiger partial charge < -0.3 is 59.1 Å². The molecule has 12 heteroatoms. The summed E-state index contributed by atoms with van der Waals surface area (Å²) < 4.78 is 38.4. The molecule has 8 aliphatic rings. The van der Waals surface area contributed by atoms with E-state index in [1.807, 2.05) is 0 Å². The van der Waals surface area contributed by atoms with Gasteiger partial charge in [0.05, 0.1) is 37.1 Å². The zero-order valence-electron chi connectivity index (χ0n) is 31.0. The molecule has 51 heavy (non-hydrogen) atoms. The van der Waals surface area contributed by atoms with Crippen molar-refractivity contribution >= 4 is 0 Å². The third-order valence-electron chi connectivity index (χ3n) is 15.6. The van der Waals surface area contributed by atoms with E-state index in [-0.39, 0.29) is 11.5 Å². The second kappa shape index (κ2) is 13.2. The summed E-state index contributed by atoms with van der Waals surface area (Å²) in [5.41, 5.74) is 0.900. The van der Waals surface area contributed by atoms with E-state index in [9.17, 15) is 30.6 Å². The first-order valence-electron chi connectivity index (χ1n) is 19.8. The second-order valence-corrected chi connectivity index (χ2v) is 18.3. The number of allylic oxidation sites excluding steroid dienone is 1. The molecule has 0 aromatic heterocycles. The van der Waals surface area contributed by atoms with Crippen molar-refractivity contribution in [3.05, 3.63) is 11.6 Å². The van der Waals surface area contributed by atoms with Crippen molar-refractivity contribution in [1.82, 2.24) is 0 Å². The Balaban J connectivity index is 1.05. The third kappa shape index (κ3) is 5.67. The molecule has 0 bridgehead atoms. The molecular formula is C39H62O12. The zero-order valence-corrected chi connectivity index (χ0v) is 31.0. The van der Waals surface area contributed by atoms with Gasteiger partial charge in [-0.05, 0) is 87.4 Å². The van der Waals surface area contributed by atoms with Crippen LogP contribution in [0.4, 0.5) is 0 Å². The molecule has 7 fully saturated rings. The Morgan fingerprint density at radius 3 is 2.18 bits per heavy atom. The van der Waals surface area contributed by atoms with Crippen LogP contribution in [0.1, 0.15) is 92.9 Å². The third-order valence-corrected chi connectivity index (χ3v) is 15.6.